The second kappa shape index (κ2) is 8.65. The molecule has 2 aliphatic rings. The van der Waals surface area contributed by atoms with E-state index < -0.39 is 0 Å². The van der Waals surface area contributed by atoms with Crippen LogP contribution in [0.2, 0.25) is 0 Å². The standard InChI is InChI=1S/C23H22BrN3OS2/c24-15-13-20(30-14-15)22-21(19-7-3-4-12-25-19)26-23(29)27(22)16-8-10-18(11-9-16)28-17-5-1-2-6-17/h3-4,7-14,17,21-22H,1-2,5-6H2,(H,26,29)/t21-,22-/m1/s1. The summed E-state index contributed by atoms with van der Waals surface area (Å²) in [6.45, 7) is 0. The lowest BCUT2D eigenvalue weighted by Crippen LogP contribution is -2.29. The third-order valence-electron chi connectivity index (χ3n) is 5.70. The maximum atomic E-state index is 6.14. The number of nitrogens with zero attached hydrogens (tertiary/aromatic N) is 2. The molecule has 2 fully saturated rings. The summed E-state index contributed by atoms with van der Waals surface area (Å²) in [4.78, 5) is 8.03. The second-order valence-corrected chi connectivity index (χ2v) is 9.93. The number of anilines is 1. The molecule has 3 heterocycles. The molecular weight excluding hydrogens is 478 g/mol. The molecule has 0 spiro atoms. The molecule has 1 aliphatic heterocycles. The van der Waals surface area contributed by atoms with Gasteiger partial charge in [-0.05, 0) is 96.3 Å². The molecule has 1 aromatic carbocycles. The number of nitrogens with one attached hydrogen (secondary N) is 1. The van der Waals surface area contributed by atoms with Gasteiger partial charge in [0.25, 0.3) is 0 Å². The van der Waals surface area contributed by atoms with Crippen LogP contribution in [0.3, 0.4) is 0 Å². The predicted molar refractivity (Wildman–Crippen MR) is 129 cm³/mol. The van der Waals surface area contributed by atoms with Gasteiger partial charge in [-0.3, -0.25) is 4.98 Å². The Hall–Kier alpha value is -1.96. The van der Waals surface area contributed by atoms with E-state index in [0.717, 1.165) is 34.4 Å². The maximum Gasteiger partial charge on any atom is 0.174 e. The van der Waals surface area contributed by atoms with E-state index >= 15 is 0 Å². The Bertz CT molecular complexity index is 1020. The number of thiophene rings is 1. The number of ether oxygens (including phenoxy) is 1. The molecule has 0 unspecified atom stereocenters. The zero-order valence-corrected chi connectivity index (χ0v) is 19.6. The fraction of sp³-hybridized carbons (Fsp3) is 0.304. The number of pyridine rings is 1. The van der Waals surface area contributed by atoms with Gasteiger partial charge in [-0.25, -0.2) is 0 Å². The Labute approximate surface area is 194 Å². The van der Waals surface area contributed by atoms with Crippen LogP contribution in [0.1, 0.15) is 48.3 Å². The molecule has 5 rings (SSSR count). The minimum atomic E-state index is -0.0151. The first kappa shape index (κ1) is 20.0. The van der Waals surface area contributed by atoms with Crippen LogP contribution in [0.4, 0.5) is 5.69 Å². The van der Waals surface area contributed by atoms with Crippen molar-refractivity contribution < 1.29 is 4.74 Å². The SMILES string of the molecule is S=C1N[C@H](c2ccccn2)[C@@H](c2cc(Br)cs2)N1c1ccc(OC2CCCC2)cc1. The first-order chi connectivity index (χ1) is 14.7. The minimum absolute atomic E-state index is 0.0151. The number of halogens is 1. The molecule has 3 aromatic rings. The summed E-state index contributed by atoms with van der Waals surface area (Å²) < 4.78 is 7.23. The van der Waals surface area contributed by atoms with Gasteiger partial charge in [0, 0.05) is 26.6 Å². The molecule has 154 valence electrons. The summed E-state index contributed by atoms with van der Waals surface area (Å²) in [6, 6.07) is 16.5. The number of aromatic nitrogens is 1. The zero-order chi connectivity index (χ0) is 20.5. The lowest BCUT2D eigenvalue weighted by molar-refractivity contribution is 0.210. The third-order valence-corrected chi connectivity index (χ3v) is 7.78. The molecule has 4 nitrogen and oxygen atoms in total. The average molecular weight is 500 g/mol. The average Bonchev–Trinajstić information content (AvgIpc) is 3.50. The van der Waals surface area contributed by atoms with Crippen LogP contribution in [-0.2, 0) is 0 Å². The van der Waals surface area contributed by atoms with Gasteiger partial charge in [-0.15, -0.1) is 11.3 Å². The zero-order valence-electron chi connectivity index (χ0n) is 16.3. The van der Waals surface area contributed by atoms with Crippen LogP contribution in [0, 0.1) is 0 Å². The summed E-state index contributed by atoms with van der Waals surface area (Å²) >= 11 is 11.1. The molecule has 0 radical (unpaired) electrons. The van der Waals surface area contributed by atoms with Crippen molar-refractivity contribution in [1.82, 2.24) is 10.3 Å². The molecule has 2 atom stereocenters. The monoisotopic (exact) mass is 499 g/mol. The van der Waals surface area contributed by atoms with Crippen molar-refractivity contribution >= 4 is 50.3 Å². The van der Waals surface area contributed by atoms with Crippen molar-refractivity contribution in [3.63, 3.8) is 0 Å². The topological polar surface area (TPSA) is 37.4 Å². The van der Waals surface area contributed by atoms with Crippen LogP contribution in [0.5, 0.6) is 5.75 Å². The van der Waals surface area contributed by atoms with Gasteiger partial charge in [-0.2, -0.15) is 0 Å². The predicted octanol–water partition coefficient (Wildman–Crippen LogP) is 6.40. The lowest BCUT2D eigenvalue weighted by atomic mass is 10.0. The molecule has 2 aromatic heterocycles. The highest BCUT2D eigenvalue weighted by molar-refractivity contribution is 9.10. The van der Waals surface area contributed by atoms with Crippen molar-refractivity contribution in [3.05, 3.63) is 75.2 Å². The Balaban J connectivity index is 1.46. The van der Waals surface area contributed by atoms with Crippen molar-refractivity contribution in [2.24, 2.45) is 0 Å². The van der Waals surface area contributed by atoms with E-state index in [0.29, 0.717) is 11.2 Å². The van der Waals surface area contributed by atoms with Crippen LogP contribution >= 0.6 is 39.5 Å². The van der Waals surface area contributed by atoms with Crippen LogP contribution in [-0.4, -0.2) is 16.2 Å². The number of benzene rings is 1. The minimum Gasteiger partial charge on any atom is -0.490 e. The molecule has 7 heteroatoms. The molecule has 1 saturated heterocycles. The summed E-state index contributed by atoms with van der Waals surface area (Å²) in [5, 5.41) is 6.33. The van der Waals surface area contributed by atoms with E-state index in [1.165, 1.54) is 17.7 Å². The number of rotatable bonds is 5. The fourth-order valence-corrected chi connectivity index (χ4v) is 6.21. The van der Waals surface area contributed by atoms with E-state index in [9.17, 15) is 0 Å². The van der Waals surface area contributed by atoms with E-state index in [1.807, 2.05) is 18.3 Å². The largest absolute Gasteiger partial charge is 0.490 e. The van der Waals surface area contributed by atoms with Gasteiger partial charge in [0.2, 0.25) is 0 Å². The van der Waals surface area contributed by atoms with Crippen molar-refractivity contribution in [1.29, 1.82) is 0 Å². The van der Waals surface area contributed by atoms with Gasteiger partial charge in [0.15, 0.2) is 5.11 Å². The van der Waals surface area contributed by atoms with Crippen molar-refractivity contribution in [2.45, 2.75) is 43.9 Å². The molecule has 0 bridgehead atoms. The smallest absolute Gasteiger partial charge is 0.174 e. The summed E-state index contributed by atoms with van der Waals surface area (Å²) in [5.41, 5.74) is 2.04. The van der Waals surface area contributed by atoms with Gasteiger partial charge in [0.05, 0.1) is 23.9 Å². The molecular formula is C23H22BrN3OS2. The molecule has 1 saturated carbocycles. The van der Waals surface area contributed by atoms with Gasteiger partial charge < -0.3 is 15.0 Å². The fourth-order valence-electron chi connectivity index (χ4n) is 4.29. The van der Waals surface area contributed by atoms with E-state index in [2.05, 4.69) is 72.9 Å². The number of hydrogen-bond donors (Lipinski definition) is 1. The van der Waals surface area contributed by atoms with E-state index in [-0.39, 0.29) is 12.1 Å². The highest BCUT2D eigenvalue weighted by Gasteiger charge is 2.41. The number of hydrogen-bond acceptors (Lipinski definition) is 4. The highest BCUT2D eigenvalue weighted by atomic mass is 79.9. The van der Waals surface area contributed by atoms with E-state index in [1.54, 1.807) is 11.3 Å². The van der Waals surface area contributed by atoms with Gasteiger partial charge in [0.1, 0.15) is 5.75 Å². The molecule has 1 N–H and O–H groups in total. The quantitative estimate of drug-likeness (QED) is 0.410. The molecule has 0 amide bonds. The van der Waals surface area contributed by atoms with Gasteiger partial charge >= 0.3 is 0 Å². The maximum absolute atomic E-state index is 6.14. The second-order valence-electron chi connectivity index (χ2n) is 7.68. The molecule has 30 heavy (non-hydrogen) atoms. The summed E-state index contributed by atoms with van der Waals surface area (Å²) in [7, 11) is 0. The normalized spacial score (nSPS) is 21.8. The summed E-state index contributed by atoms with van der Waals surface area (Å²) in [5.74, 6) is 0.931. The van der Waals surface area contributed by atoms with Crippen LogP contribution < -0.4 is 15.0 Å². The first-order valence-electron chi connectivity index (χ1n) is 10.2. The Morgan fingerprint density at radius 2 is 1.93 bits per heavy atom. The molecule has 1 aliphatic carbocycles. The Morgan fingerprint density at radius 3 is 2.60 bits per heavy atom. The van der Waals surface area contributed by atoms with Crippen molar-refractivity contribution in [3.8, 4) is 5.75 Å². The first-order valence-corrected chi connectivity index (χ1v) is 12.3. The van der Waals surface area contributed by atoms with Crippen LogP contribution in [0.15, 0.2) is 64.6 Å². The van der Waals surface area contributed by atoms with Crippen molar-refractivity contribution in [2.75, 3.05) is 4.90 Å². The highest BCUT2D eigenvalue weighted by Crippen LogP contribution is 2.44. The Kier molecular flexibility index (Phi) is 5.76. The number of thiocarbonyl (C=S) groups is 1. The third kappa shape index (κ3) is 3.98. The van der Waals surface area contributed by atoms with Crippen LogP contribution in [0.25, 0.3) is 0 Å². The van der Waals surface area contributed by atoms with E-state index in [4.69, 9.17) is 17.0 Å². The Morgan fingerprint density at radius 1 is 1.13 bits per heavy atom. The lowest BCUT2D eigenvalue weighted by Gasteiger charge is -2.27. The van der Waals surface area contributed by atoms with Gasteiger partial charge in [-0.1, -0.05) is 6.07 Å². The summed E-state index contributed by atoms with van der Waals surface area (Å²) in [6.07, 6.45) is 7.04.